The topological polar surface area (TPSA) is 97.0 Å². The van der Waals surface area contributed by atoms with E-state index in [2.05, 4.69) is 10.0 Å². The number of rotatable bonds is 4. The lowest BCUT2D eigenvalue weighted by atomic mass is 10.1. The largest absolute Gasteiger partial charge is 0.454 e. The summed E-state index contributed by atoms with van der Waals surface area (Å²) < 4.78 is 38.8. The Hall–Kier alpha value is -2.30. The van der Waals surface area contributed by atoms with Crippen LogP contribution in [-0.2, 0) is 10.0 Å². The van der Waals surface area contributed by atoms with E-state index in [9.17, 15) is 13.2 Å². The van der Waals surface area contributed by atoms with Crippen LogP contribution in [0.25, 0.3) is 0 Å². The van der Waals surface area contributed by atoms with Gasteiger partial charge in [-0.2, -0.15) is 0 Å². The Balaban J connectivity index is 1.28. The molecule has 2 amide bonds. The highest BCUT2D eigenvalue weighted by molar-refractivity contribution is 7.91. The lowest BCUT2D eigenvalue weighted by molar-refractivity contribution is 0.174. The molecular weight excluding hydrogens is 402 g/mol. The number of benzene rings is 1. The number of thiophene rings is 1. The van der Waals surface area contributed by atoms with Gasteiger partial charge in [0.05, 0.1) is 6.04 Å². The average molecular weight is 422 g/mol. The number of hydrogen-bond acceptors (Lipinski definition) is 6. The summed E-state index contributed by atoms with van der Waals surface area (Å²) in [5.41, 5.74) is 0.618. The zero-order chi connectivity index (χ0) is 19.3. The van der Waals surface area contributed by atoms with Gasteiger partial charge in [0.2, 0.25) is 16.8 Å². The number of nitrogens with one attached hydrogen (secondary N) is 2. The van der Waals surface area contributed by atoms with Gasteiger partial charge in [-0.25, -0.2) is 17.9 Å². The Morgan fingerprint density at radius 1 is 1.18 bits per heavy atom. The molecule has 2 fully saturated rings. The van der Waals surface area contributed by atoms with Crippen LogP contribution in [0.4, 0.5) is 10.5 Å². The Labute approximate surface area is 166 Å². The molecule has 0 spiro atoms. The van der Waals surface area contributed by atoms with E-state index in [1.807, 2.05) is 0 Å². The molecule has 8 nitrogen and oxygen atoms in total. The monoisotopic (exact) mass is 421 g/mol. The van der Waals surface area contributed by atoms with Crippen molar-refractivity contribution in [1.29, 1.82) is 0 Å². The summed E-state index contributed by atoms with van der Waals surface area (Å²) in [5.74, 6) is 1.56. The fourth-order valence-corrected chi connectivity index (χ4v) is 6.52. The molecule has 28 heavy (non-hydrogen) atoms. The van der Waals surface area contributed by atoms with Crippen LogP contribution in [0.3, 0.4) is 0 Å². The molecule has 2 N–H and O–H groups in total. The third-order valence-electron chi connectivity index (χ3n) is 5.43. The van der Waals surface area contributed by atoms with Crippen molar-refractivity contribution in [2.45, 2.75) is 29.1 Å². The number of carbonyl (C=O) groups excluding carboxylic acids is 1. The molecule has 3 heterocycles. The van der Waals surface area contributed by atoms with E-state index in [-0.39, 0.29) is 24.9 Å². The third kappa shape index (κ3) is 3.11. The number of amides is 2. The molecule has 1 saturated carbocycles. The molecule has 3 unspecified atom stereocenters. The van der Waals surface area contributed by atoms with E-state index in [1.165, 1.54) is 11.3 Å². The normalized spacial score (nSPS) is 25.3. The average Bonchev–Trinajstić information content (AvgIpc) is 3.43. The van der Waals surface area contributed by atoms with Gasteiger partial charge in [0.25, 0.3) is 0 Å². The van der Waals surface area contributed by atoms with Crippen molar-refractivity contribution in [1.82, 2.24) is 9.62 Å². The first-order valence-corrected chi connectivity index (χ1v) is 11.4. The van der Waals surface area contributed by atoms with Gasteiger partial charge in [0.15, 0.2) is 11.5 Å². The van der Waals surface area contributed by atoms with Crippen molar-refractivity contribution in [3.63, 3.8) is 0 Å². The number of sulfonamides is 1. The number of carbonyl (C=O) groups is 1. The van der Waals surface area contributed by atoms with Crippen LogP contribution in [0.1, 0.15) is 12.8 Å². The van der Waals surface area contributed by atoms with E-state index in [0.717, 1.165) is 12.8 Å². The van der Waals surface area contributed by atoms with Crippen molar-refractivity contribution in [2.24, 2.45) is 5.92 Å². The predicted octanol–water partition coefficient (Wildman–Crippen LogP) is 2.45. The van der Waals surface area contributed by atoms with Crippen molar-refractivity contribution >= 4 is 33.1 Å². The minimum Gasteiger partial charge on any atom is -0.454 e. The smallest absolute Gasteiger partial charge is 0.322 e. The highest BCUT2D eigenvalue weighted by Gasteiger charge is 2.48. The zero-order valence-corrected chi connectivity index (χ0v) is 16.5. The van der Waals surface area contributed by atoms with Gasteiger partial charge in [0.1, 0.15) is 4.21 Å². The molecule has 2 aliphatic heterocycles. The summed E-state index contributed by atoms with van der Waals surface area (Å²) in [6.07, 6.45) is 1.56. The van der Waals surface area contributed by atoms with Crippen molar-refractivity contribution < 1.29 is 22.7 Å². The Morgan fingerprint density at radius 2 is 2.04 bits per heavy atom. The molecule has 1 aliphatic carbocycles. The van der Waals surface area contributed by atoms with E-state index >= 15 is 0 Å². The number of fused-ring (bicyclic) bond motifs is 3. The summed E-state index contributed by atoms with van der Waals surface area (Å²) in [6, 6.07) is 7.90. The maximum atomic E-state index is 12.8. The van der Waals surface area contributed by atoms with Crippen LogP contribution in [0.15, 0.2) is 39.9 Å². The first-order valence-electron chi connectivity index (χ1n) is 9.03. The van der Waals surface area contributed by atoms with E-state index in [4.69, 9.17) is 9.47 Å². The quantitative estimate of drug-likeness (QED) is 0.790. The standard InChI is InChI=1S/C18H19N3O5S2/c22-18(19-12-3-4-15-16(8-12)26-10-25-15)21-9-11-6-13(14(21)7-11)20-28(23,24)17-2-1-5-27-17/h1-5,8,11,13-14,20H,6-7,9-10H2,(H,19,22). The van der Waals surface area contributed by atoms with Crippen LogP contribution in [0.5, 0.6) is 11.5 Å². The maximum Gasteiger partial charge on any atom is 0.322 e. The Kier molecular flexibility index (Phi) is 4.22. The molecule has 10 heteroatoms. The Bertz CT molecular complexity index is 1010. The van der Waals surface area contributed by atoms with Crippen LogP contribution < -0.4 is 19.5 Å². The molecular formula is C18H19N3O5S2. The first kappa shape index (κ1) is 17.8. The number of likely N-dealkylation sites (tertiary alicyclic amines) is 1. The zero-order valence-electron chi connectivity index (χ0n) is 14.8. The highest BCUT2D eigenvalue weighted by atomic mass is 32.2. The minimum atomic E-state index is -3.56. The fraction of sp³-hybridized carbons (Fsp3) is 0.389. The minimum absolute atomic E-state index is 0.145. The Morgan fingerprint density at radius 3 is 2.82 bits per heavy atom. The molecule has 148 valence electrons. The van der Waals surface area contributed by atoms with Crippen LogP contribution in [0, 0.1) is 5.92 Å². The number of anilines is 1. The second-order valence-electron chi connectivity index (χ2n) is 7.22. The lowest BCUT2D eigenvalue weighted by Gasteiger charge is -2.33. The van der Waals surface area contributed by atoms with Crippen LogP contribution >= 0.6 is 11.3 Å². The predicted molar refractivity (Wildman–Crippen MR) is 103 cm³/mol. The van der Waals surface area contributed by atoms with E-state index < -0.39 is 10.0 Å². The van der Waals surface area contributed by atoms with Gasteiger partial charge in [0, 0.05) is 24.3 Å². The van der Waals surface area contributed by atoms with Crippen LogP contribution in [-0.4, -0.2) is 44.8 Å². The lowest BCUT2D eigenvalue weighted by Crippen LogP contribution is -2.52. The molecule has 1 saturated heterocycles. The van der Waals surface area contributed by atoms with Crippen LogP contribution in [0.2, 0.25) is 0 Å². The third-order valence-corrected chi connectivity index (χ3v) is 8.32. The number of ether oxygens (including phenoxy) is 2. The number of hydrogen-bond donors (Lipinski definition) is 2. The first-order chi connectivity index (χ1) is 13.5. The summed E-state index contributed by atoms with van der Waals surface area (Å²) >= 11 is 1.19. The molecule has 1 aromatic carbocycles. The van der Waals surface area contributed by atoms with E-state index in [0.29, 0.717) is 33.9 Å². The summed E-state index contributed by atoms with van der Waals surface area (Å²) in [5, 5.41) is 4.62. The molecule has 3 atom stereocenters. The highest BCUT2D eigenvalue weighted by Crippen LogP contribution is 2.39. The number of nitrogens with zero attached hydrogens (tertiary/aromatic N) is 1. The molecule has 2 bridgehead atoms. The number of urea groups is 1. The molecule has 2 aromatic rings. The second-order valence-corrected chi connectivity index (χ2v) is 10.1. The van der Waals surface area contributed by atoms with E-state index in [1.54, 1.807) is 40.6 Å². The molecule has 0 radical (unpaired) electrons. The molecule has 1 aromatic heterocycles. The van der Waals surface area contributed by atoms with Gasteiger partial charge in [-0.05, 0) is 42.3 Å². The number of piperidine rings is 1. The van der Waals surface area contributed by atoms with Crippen molar-refractivity contribution in [2.75, 3.05) is 18.7 Å². The van der Waals surface area contributed by atoms with Gasteiger partial charge >= 0.3 is 6.03 Å². The van der Waals surface area contributed by atoms with Crippen molar-refractivity contribution in [3.05, 3.63) is 35.7 Å². The fourth-order valence-electron chi connectivity index (χ4n) is 4.23. The van der Waals surface area contributed by atoms with Crippen molar-refractivity contribution in [3.8, 4) is 11.5 Å². The SMILES string of the molecule is O=C(Nc1ccc2c(c1)OCO2)N1CC2CC(NS(=O)(=O)c3cccs3)C1C2. The molecule has 5 rings (SSSR count). The summed E-state index contributed by atoms with van der Waals surface area (Å²) in [7, 11) is -3.56. The summed E-state index contributed by atoms with van der Waals surface area (Å²) in [4.78, 5) is 14.5. The van der Waals surface area contributed by atoms with Gasteiger partial charge in [-0.3, -0.25) is 0 Å². The molecule has 3 aliphatic rings. The second kappa shape index (κ2) is 6.64. The van der Waals surface area contributed by atoms with Gasteiger partial charge < -0.3 is 19.7 Å². The summed E-state index contributed by atoms with van der Waals surface area (Å²) in [6.45, 7) is 0.812. The van der Waals surface area contributed by atoms with Gasteiger partial charge in [-0.1, -0.05) is 6.07 Å². The maximum absolute atomic E-state index is 12.8. The van der Waals surface area contributed by atoms with Gasteiger partial charge in [-0.15, -0.1) is 11.3 Å².